The zero-order chi connectivity index (χ0) is 11.5. The monoisotopic (exact) mass is 208 g/mol. The van der Waals surface area contributed by atoms with E-state index >= 15 is 0 Å². The van der Waals surface area contributed by atoms with Crippen molar-refractivity contribution in [3.8, 4) is 0 Å². The van der Waals surface area contributed by atoms with Crippen LogP contribution in [0.5, 0.6) is 0 Å². The molecular formula is C15H28. The van der Waals surface area contributed by atoms with Gasteiger partial charge in [0.2, 0.25) is 0 Å². The summed E-state index contributed by atoms with van der Waals surface area (Å²) in [5.41, 5.74) is 2.17. The lowest BCUT2D eigenvalue weighted by Crippen LogP contribution is -2.27. The van der Waals surface area contributed by atoms with Gasteiger partial charge in [0.1, 0.15) is 0 Å². The van der Waals surface area contributed by atoms with E-state index in [0.717, 1.165) is 5.92 Å². The predicted octanol–water partition coefficient (Wildman–Crippen LogP) is 5.20. The maximum absolute atomic E-state index is 4.28. The second-order valence-electron chi connectivity index (χ2n) is 5.71. The molecule has 0 bridgehead atoms. The largest absolute Gasteiger partial charge is 0.0993 e. The van der Waals surface area contributed by atoms with Gasteiger partial charge in [0.05, 0.1) is 0 Å². The van der Waals surface area contributed by atoms with Gasteiger partial charge in [0.15, 0.2) is 0 Å². The molecule has 0 aliphatic heterocycles. The van der Waals surface area contributed by atoms with Crippen molar-refractivity contribution < 1.29 is 0 Å². The minimum Gasteiger partial charge on any atom is -0.0993 e. The van der Waals surface area contributed by atoms with Crippen LogP contribution in [0.2, 0.25) is 0 Å². The Labute approximate surface area is 96.2 Å². The molecular weight excluding hydrogens is 180 g/mol. The Kier molecular flexibility index (Phi) is 4.43. The van der Waals surface area contributed by atoms with Crippen LogP contribution in [0.3, 0.4) is 0 Å². The van der Waals surface area contributed by atoms with Crippen molar-refractivity contribution in [2.24, 2.45) is 17.3 Å². The van der Waals surface area contributed by atoms with Gasteiger partial charge in [0, 0.05) is 0 Å². The van der Waals surface area contributed by atoms with Crippen molar-refractivity contribution >= 4 is 0 Å². The predicted molar refractivity (Wildman–Crippen MR) is 69.0 cm³/mol. The Balaban J connectivity index is 2.52. The molecule has 0 spiro atoms. The van der Waals surface area contributed by atoms with Gasteiger partial charge >= 0.3 is 0 Å². The summed E-state index contributed by atoms with van der Waals surface area (Å²) in [5.74, 6) is 1.49. The summed E-state index contributed by atoms with van der Waals surface area (Å²) >= 11 is 0. The molecule has 0 atom stereocenters. The third-order valence-corrected chi connectivity index (χ3v) is 4.81. The van der Waals surface area contributed by atoms with Crippen molar-refractivity contribution in [3.63, 3.8) is 0 Å². The maximum atomic E-state index is 4.28. The fourth-order valence-corrected chi connectivity index (χ4v) is 3.03. The lowest BCUT2D eigenvalue weighted by Gasteiger charge is -2.40. The summed E-state index contributed by atoms with van der Waals surface area (Å²) in [7, 11) is 0. The highest BCUT2D eigenvalue weighted by Crippen LogP contribution is 2.46. The minimum absolute atomic E-state index is 0.672. The lowest BCUT2D eigenvalue weighted by molar-refractivity contribution is 0.145. The van der Waals surface area contributed by atoms with E-state index in [1.165, 1.54) is 44.1 Å². The van der Waals surface area contributed by atoms with Gasteiger partial charge in [-0.3, -0.25) is 0 Å². The van der Waals surface area contributed by atoms with Crippen LogP contribution in [0.1, 0.15) is 66.2 Å². The Bertz CT molecular complexity index is 198. The van der Waals surface area contributed by atoms with Crippen LogP contribution < -0.4 is 0 Å². The Morgan fingerprint density at radius 3 is 2.00 bits per heavy atom. The number of hydrogen-bond donors (Lipinski definition) is 0. The molecule has 0 radical (unpaired) electrons. The molecule has 88 valence electrons. The average molecular weight is 208 g/mol. The van der Waals surface area contributed by atoms with Gasteiger partial charge in [-0.15, -0.1) is 0 Å². The summed E-state index contributed by atoms with van der Waals surface area (Å²) in [5, 5.41) is 0. The van der Waals surface area contributed by atoms with Crippen molar-refractivity contribution in [1.82, 2.24) is 0 Å². The van der Waals surface area contributed by atoms with Crippen LogP contribution >= 0.6 is 0 Å². The first kappa shape index (κ1) is 12.8. The standard InChI is InChI=1S/C15H28/c1-6-15(7-2)10-8-14(9-11-15)13(5)12(3)4/h12,14H,5-11H2,1-4H3. The van der Waals surface area contributed by atoms with Crippen LogP contribution in [0.25, 0.3) is 0 Å². The molecule has 0 aromatic heterocycles. The highest BCUT2D eigenvalue weighted by Gasteiger charge is 2.33. The first-order valence-corrected chi connectivity index (χ1v) is 6.73. The van der Waals surface area contributed by atoms with Gasteiger partial charge in [-0.2, -0.15) is 0 Å². The van der Waals surface area contributed by atoms with E-state index in [1.54, 1.807) is 0 Å². The van der Waals surface area contributed by atoms with Crippen LogP contribution in [-0.2, 0) is 0 Å². The topological polar surface area (TPSA) is 0 Å². The van der Waals surface area contributed by atoms with E-state index < -0.39 is 0 Å². The number of allylic oxidation sites excluding steroid dienone is 1. The fraction of sp³-hybridized carbons (Fsp3) is 0.867. The zero-order valence-electron chi connectivity index (χ0n) is 11.1. The van der Waals surface area contributed by atoms with Gasteiger partial charge in [-0.05, 0) is 42.9 Å². The molecule has 0 unspecified atom stereocenters. The molecule has 0 amide bonds. The third kappa shape index (κ3) is 2.86. The highest BCUT2D eigenvalue weighted by atomic mass is 14.4. The Morgan fingerprint density at radius 1 is 1.20 bits per heavy atom. The quantitative estimate of drug-likeness (QED) is 0.557. The molecule has 1 aliphatic rings. The van der Waals surface area contributed by atoms with Crippen LogP contribution in [-0.4, -0.2) is 0 Å². The second-order valence-corrected chi connectivity index (χ2v) is 5.71. The Hall–Kier alpha value is -0.260. The average Bonchev–Trinajstić information content (AvgIpc) is 2.28. The molecule has 0 heteroatoms. The normalized spacial score (nSPS) is 21.9. The van der Waals surface area contributed by atoms with E-state index in [4.69, 9.17) is 0 Å². The van der Waals surface area contributed by atoms with Crippen LogP contribution in [0, 0.1) is 17.3 Å². The molecule has 0 aromatic carbocycles. The maximum Gasteiger partial charge on any atom is -0.0203 e. The van der Waals surface area contributed by atoms with Crippen LogP contribution in [0.4, 0.5) is 0 Å². The third-order valence-electron chi connectivity index (χ3n) is 4.81. The summed E-state index contributed by atoms with van der Waals surface area (Å²) in [6, 6.07) is 0. The molecule has 1 saturated carbocycles. The van der Waals surface area contributed by atoms with Gasteiger partial charge < -0.3 is 0 Å². The first-order valence-electron chi connectivity index (χ1n) is 6.73. The summed E-state index contributed by atoms with van der Waals surface area (Å²) < 4.78 is 0. The SMILES string of the molecule is C=C(C(C)C)C1CCC(CC)(CC)CC1. The summed E-state index contributed by atoms with van der Waals surface area (Å²) in [4.78, 5) is 0. The fourth-order valence-electron chi connectivity index (χ4n) is 3.03. The highest BCUT2D eigenvalue weighted by molar-refractivity contribution is 5.05. The van der Waals surface area contributed by atoms with E-state index in [1.807, 2.05) is 0 Å². The molecule has 1 rings (SSSR count). The zero-order valence-corrected chi connectivity index (χ0v) is 11.1. The molecule has 0 saturated heterocycles. The molecule has 1 aliphatic carbocycles. The van der Waals surface area contributed by atoms with Crippen molar-refractivity contribution in [2.45, 2.75) is 66.2 Å². The van der Waals surface area contributed by atoms with Gasteiger partial charge in [-0.25, -0.2) is 0 Å². The molecule has 0 N–H and O–H groups in total. The summed E-state index contributed by atoms with van der Waals surface area (Å²) in [6.07, 6.45) is 8.36. The molecule has 0 heterocycles. The number of hydrogen-bond acceptors (Lipinski definition) is 0. The molecule has 1 fully saturated rings. The van der Waals surface area contributed by atoms with Crippen molar-refractivity contribution in [3.05, 3.63) is 12.2 Å². The second kappa shape index (κ2) is 5.18. The van der Waals surface area contributed by atoms with E-state index in [9.17, 15) is 0 Å². The van der Waals surface area contributed by atoms with E-state index in [0.29, 0.717) is 11.3 Å². The molecule has 15 heavy (non-hydrogen) atoms. The molecule has 0 nitrogen and oxygen atoms in total. The molecule has 0 aromatic rings. The van der Waals surface area contributed by atoms with Gasteiger partial charge in [-0.1, -0.05) is 52.7 Å². The van der Waals surface area contributed by atoms with Crippen molar-refractivity contribution in [2.75, 3.05) is 0 Å². The Morgan fingerprint density at radius 2 is 1.67 bits per heavy atom. The lowest BCUT2D eigenvalue weighted by atomic mass is 9.65. The minimum atomic E-state index is 0.672. The summed E-state index contributed by atoms with van der Waals surface area (Å²) in [6.45, 7) is 13.6. The van der Waals surface area contributed by atoms with Crippen LogP contribution in [0.15, 0.2) is 12.2 Å². The van der Waals surface area contributed by atoms with Crippen molar-refractivity contribution in [1.29, 1.82) is 0 Å². The van der Waals surface area contributed by atoms with E-state index in [2.05, 4.69) is 34.3 Å². The number of rotatable bonds is 4. The smallest absolute Gasteiger partial charge is 0.0203 e. The first-order chi connectivity index (χ1) is 7.04. The van der Waals surface area contributed by atoms with Gasteiger partial charge in [0.25, 0.3) is 0 Å². The van der Waals surface area contributed by atoms with E-state index in [-0.39, 0.29) is 0 Å².